The third kappa shape index (κ3) is 5.61. The van der Waals surface area contributed by atoms with E-state index in [4.69, 9.17) is 9.47 Å². The molecule has 1 N–H and O–H groups in total. The molecule has 0 fully saturated rings. The van der Waals surface area contributed by atoms with Gasteiger partial charge in [0.1, 0.15) is 11.5 Å². The summed E-state index contributed by atoms with van der Waals surface area (Å²) >= 11 is 0. The van der Waals surface area contributed by atoms with Crippen molar-refractivity contribution in [1.82, 2.24) is 0 Å². The van der Waals surface area contributed by atoms with Gasteiger partial charge >= 0.3 is 0 Å². The Hall–Kier alpha value is -2.49. The number of ether oxygens (including phenoxy) is 2. The molecular weight excluding hydrogens is 302 g/mol. The number of carbonyl (C=O) groups is 1. The highest BCUT2D eigenvalue weighted by atomic mass is 16.5. The lowest BCUT2D eigenvalue weighted by Gasteiger charge is -2.15. The highest BCUT2D eigenvalue weighted by Crippen LogP contribution is 2.18. The van der Waals surface area contributed by atoms with Crippen LogP contribution in [-0.4, -0.2) is 18.6 Å². The van der Waals surface area contributed by atoms with E-state index in [1.807, 2.05) is 55.5 Å². The second-order valence-corrected chi connectivity index (χ2v) is 5.79. The molecule has 128 valence electrons. The number of benzene rings is 2. The number of hydrogen-bond acceptors (Lipinski definition) is 3. The summed E-state index contributed by atoms with van der Waals surface area (Å²) < 4.78 is 11.3. The van der Waals surface area contributed by atoms with Crippen molar-refractivity contribution in [3.8, 4) is 11.5 Å². The molecule has 2 aromatic rings. The van der Waals surface area contributed by atoms with Crippen molar-refractivity contribution in [3.05, 3.63) is 54.1 Å². The second-order valence-electron chi connectivity index (χ2n) is 5.79. The minimum Gasteiger partial charge on any atom is -0.494 e. The van der Waals surface area contributed by atoms with Crippen LogP contribution >= 0.6 is 0 Å². The third-order valence-electron chi connectivity index (χ3n) is 3.56. The van der Waals surface area contributed by atoms with Crippen molar-refractivity contribution < 1.29 is 14.3 Å². The Morgan fingerprint density at radius 1 is 1.12 bits per heavy atom. The summed E-state index contributed by atoms with van der Waals surface area (Å²) in [6.07, 6.45) is 1.56. The molecule has 2 aromatic carbocycles. The average molecular weight is 327 g/mol. The molecule has 0 aliphatic heterocycles. The van der Waals surface area contributed by atoms with E-state index >= 15 is 0 Å². The lowest BCUT2D eigenvalue weighted by molar-refractivity contribution is -0.122. The normalized spacial score (nSPS) is 11.6. The highest BCUT2D eigenvalue weighted by molar-refractivity contribution is 5.94. The molecule has 4 heteroatoms. The first-order chi connectivity index (χ1) is 11.6. The fourth-order valence-corrected chi connectivity index (χ4v) is 2.16. The molecule has 0 radical (unpaired) electrons. The van der Waals surface area contributed by atoms with Crippen molar-refractivity contribution in [3.63, 3.8) is 0 Å². The van der Waals surface area contributed by atoms with E-state index in [2.05, 4.69) is 12.2 Å². The molecular formula is C20H25NO3. The molecule has 0 spiro atoms. The van der Waals surface area contributed by atoms with Gasteiger partial charge in [0.2, 0.25) is 0 Å². The molecule has 2 rings (SSSR count). The van der Waals surface area contributed by atoms with Crippen LogP contribution in [0.2, 0.25) is 0 Å². The van der Waals surface area contributed by atoms with Gasteiger partial charge in [-0.3, -0.25) is 4.79 Å². The number of rotatable bonds is 8. The minimum atomic E-state index is -0.577. The Balaban J connectivity index is 1.86. The second kappa shape index (κ2) is 8.96. The molecule has 0 unspecified atom stereocenters. The van der Waals surface area contributed by atoms with E-state index in [-0.39, 0.29) is 5.91 Å². The zero-order valence-corrected chi connectivity index (χ0v) is 14.5. The van der Waals surface area contributed by atoms with Crippen LogP contribution < -0.4 is 14.8 Å². The largest absolute Gasteiger partial charge is 0.494 e. The van der Waals surface area contributed by atoms with Gasteiger partial charge in [0, 0.05) is 5.69 Å². The van der Waals surface area contributed by atoms with Gasteiger partial charge in [-0.15, -0.1) is 0 Å². The number of carbonyl (C=O) groups excluding carboxylic acids is 1. The van der Waals surface area contributed by atoms with E-state index in [9.17, 15) is 4.79 Å². The van der Waals surface area contributed by atoms with Crippen LogP contribution in [-0.2, 0) is 4.79 Å². The molecule has 1 amide bonds. The van der Waals surface area contributed by atoms with Gasteiger partial charge < -0.3 is 14.8 Å². The SMILES string of the molecule is CCCCOc1ccc(NC(=O)[C@H](C)Oc2cccc(C)c2)cc1. The van der Waals surface area contributed by atoms with Crippen LogP contribution in [0.5, 0.6) is 11.5 Å². The number of anilines is 1. The number of unbranched alkanes of at least 4 members (excludes halogenated alkanes) is 1. The average Bonchev–Trinajstić information content (AvgIpc) is 2.56. The number of hydrogen-bond donors (Lipinski definition) is 1. The van der Waals surface area contributed by atoms with Crippen LogP contribution in [0.1, 0.15) is 32.3 Å². The lowest BCUT2D eigenvalue weighted by Crippen LogP contribution is -2.30. The molecule has 0 aromatic heterocycles. The fourth-order valence-electron chi connectivity index (χ4n) is 2.16. The Kier molecular flexibility index (Phi) is 6.67. The van der Waals surface area contributed by atoms with Crippen LogP contribution in [0.25, 0.3) is 0 Å². The molecule has 0 bridgehead atoms. The van der Waals surface area contributed by atoms with Crippen molar-refractivity contribution >= 4 is 11.6 Å². The lowest BCUT2D eigenvalue weighted by atomic mass is 10.2. The quantitative estimate of drug-likeness (QED) is 0.722. The summed E-state index contributed by atoms with van der Waals surface area (Å²) in [4.78, 5) is 12.2. The zero-order valence-electron chi connectivity index (χ0n) is 14.5. The summed E-state index contributed by atoms with van der Waals surface area (Å²) in [5, 5.41) is 2.85. The summed E-state index contributed by atoms with van der Waals surface area (Å²) in [7, 11) is 0. The fraction of sp³-hybridized carbons (Fsp3) is 0.350. The van der Waals surface area contributed by atoms with E-state index in [0.29, 0.717) is 12.4 Å². The predicted octanol–water partition coefficient (Wildman–Crippen LogP) is 4.58. The Morgan fingerprint density at radius 3 is 2.54 bits per heavy atom. The topological polar surface area (TPSA) is 47.6 Å². The van der Waals surface area contributed by atoms with Crippen molar-refractivity contribution in [2.75, 3.05) is 11.9 Å². The summed E-state index contributed by atoms with van der Waals surface area (Å²) in [5.74, 6) is 1.32. The predicted molar refractivity (Wildman–Crippen MR) is 96.7 cm³/mol. The maximum atomic E-state index is 12.2. The maximum absolute atomic E-state index is 12.2. The molecule has 0 aliphatic rings. The molecule has 0 saturated heterocycles. The van der Waals surface area contributed by atoms with Crippen LogP contribution in [0.15, 0.2) is 48.5 Å². The van der Waals surface area contributed by atoms with Crippen LogP contribution in [0.4, 0.5) is 5.69 Å². The summed E-state index contributed by atoms with van der Waals surface area (Å²) in [5.41, 5.74) is 1.82. The smallest absolute Gasteiger partial charge is 0.265 e. The first kappa shape index (κ1) is 17.9. The summed E-state index contributed by atoms with van der Waals surface area (Å²) in [6.45, 7) is 6.56. The highest BCUT2D eigenvalue weighted by Gasteiger charge is 2.15. The summed E-state index contributed by atoms with van der Waals surface area (Å²) in [6, 6.07) is 15.0. The Bertz CT molecular complexity index is 652. The van der Waals surface area contributed by atoms with Crippen molar-refractivity contribution in [2.45, 2.75) is 39.7 Å². The van der Waals surface area contributed by atoms with E-state index in [0.717, 1.165) is 29.8 Å². The standard InChI is InChI=1S/C20H25NO3/c1-4-5-13-23-18-11-9-17(10-12-18)21-20(22)16(3)24-19-8-6-7-15(2)14-19/h6-12,14,16H,4-5,13H2,1-3H3,(H,21,22)/t16-/m0/s1. The van der Waals surface area contributed by atoms with E-state index in [1.54, 1.807) is 6.92 Å². The van der Waals surface area contributed by atoms with Gasteiger partial charge in [-0.25, -0.2) is 0 Å². The van der Waals surface area contributed by atoms with Gasteiger partial charge in [0.15, 0.2) is 6.10 Å². The zero-order chi connectivity index (χ0) is 17.4. The molecule has 0 heterocycles. The first-order valence-corrected chi connectivity index (χ1v) is 8.35. The van der Waals surface area contributed by atoms with E-state index in [1.165, 1.54) is 0 Å². The Labute approximate surface area is 143 Å². The molecule has 1 atom stereocenters. The molecule has 24 heavy (non-hydrogen) atoms. The van der Waals surface area contributed by atoms with Gasteiger partial charge in [-0.2, -0.15) is 0 Å². The van der Waals surface area contributed by atoms with Crippen molar-refractivity contribution in [2.24, 2.45) is 0 Å². The van der Waals surface area contributed by atoms with Crippen LogP contribution in [0, 0.1) is 6.92 Å². The van der Waals surface area contributed by atoms with E-state index < -0.39 is 6.10 Å². The van der Waals surface area contributed by atoms with Gasteiger partial charge in [0.25, 0.3) is 5.91 Å². The monoisotopic (exact) mass is 327 g/mol. The number of nitrogens with one attached hydrogen (secondary N) is 1. The first-order valence-electron chi connectivity index (χ1n) is 8.35. The molecule has 4 nitrogen and oxygen atoms in total. The Morgan fingerprint density at radius 2 is 1.88 bits per heavy atom. The minimum absolute atomic E-state index is 0.184. The molecule has 0 saturated carbocycles. The van der Waals surface area contributed by atoms with Gasteiger partial charge in [-0.1, -0.05) is 25.5 Å². The molecule has 0 aliphatic carbocycles. The van der Waals surface area contributed by atoms with Crippen LogP contribution in [0.3, 0.4) is 0 Å². The number of amides is 1. The maximum Gasteiger partial charge on any atom is 0.265 e. The van der Waals surface area contributed by atoms with Gasteiger partial charge in [0.05, 0.1) is 6.61 Å². The number of aryl methyl sites for hydroxylation is 1. The van der Waals surface area contributed by atoms with Gasteiger partial charge in [-0.05, 0) is 62.2 Å². The van der Waals surface area contributed by atoms with Crippen molar-refractivity contribution in [1.29, 1.82) is 0 Å². The third-order valence-corrected chi connectivity index (χ3v) is 3.56.